The van der Waals surface area contributed by atoms with Crippen molar-refractivity contribution in [2.45, 2.75) is 46.0 Å². The van der Waals surface area contributed by atoms with Gasteiger partial charge in [-0.2, -0.15) is 0 Å². The van der Waals surface area contributed by atoms with Gasteiger partial charge in [-0.1, -0.05) is 26.7 Å². The van der Waals surface area contributed by atoms with Gasteiger partial charge in [-0.3, -0.25) is 4.79 Å². The average molecular weight is 270 g/mol. The van der Waals surface area contributed by atoms with Crippen LogP contribution >= 0.6 is 0 Å². The van der Waals surface area contributed by atoms with E-state index in [1.165, 1.54) is 12.8 Å². The van der Waals surface area contributed by atoms with Gasteiger partial charge in [0.25, 0.3) is 0 Å². The van der Waals surface area contributed by atoms with E-state index in [0.29, 0.717) is 19.0 Å². The number of rotatable bonds is 9. The van der Waals surface area contributed by atoms with Crippen molar-refractivity contribution >= 4 is 12.0 Å². The highest BCUT2D eigenvalue weighted by Crippen LogP contribution is 2.31. The fourth-order valence-electron chi connectivity index (χ4n) is 2.25. The molecule has 1 atom stereocenters. The van der Waals surface area contributed by atoms with Gasteiger partial charge in [-0.25, -0.2) is 4.79 Å². The van der Waals surface area contributed by atoms with Crippen LogP contribution in [-0.4, -0.2) is 30.2 Å². The van der Waals surface area contributed by atoms with Crippen molar-refractivity contribution < 1.29 is 14.7 Å². The van der Waals surface area contributed by atoms with Crippen LogP contribution in [0.25, 0.3) is 0 Å². The molecule has 5 nitrogen and oxygen atoms in total. The van der Waals surface area contributed by atoms with E-state index in [4.69, 9.17) is 5.11 Å². The summed E-state index contributed by atoms with van der Waals surface area (Å²) >= 11 is 0. The van der Waals surface area contributed by atoms with Gasteiger partial charge in [0, 0.05) is 19.5 Å². The summed E-state index contributed by atoms with van der Waals surface area (Å²) in [4.78, 5) is 22.3. The molecule has 0 saturated heterocycles. The fourth-order valence-corrected chi connectivity index (χ4v) is 2.25. The molecular formula is C14H26N2O3. The van der Waals surface area contributed by atoms with E-state index >= 15 is 0 Å². The van der Waals surface area contributed by atoms with Crippen LogP contribution < -0.4 is 10.6 Å². The average Bonchev–Trinajstić information content (AvgIpc) is 3.08. The van der Waals surface area contributed by atoms with E-state index in [9.17, 15) is 9.59 Å². The zero-order valence-electron chi connectivity index (χ0n) is 11.9. The first kappa shape index (κ1) is 15.8. The molecule has 2 amide bonds. The molecule has 0 aromatic heterocycles. The highest BCUT2D eigenvalue weighted by molar-refractivity contribution is 5.74. The minimum atomic E-state index is -0.804. The standard InChI is InChI=1S/C14H26N2O3/c1-10(2)7-12(8-13(17)18)9-16-14(19)15-6-5-11-3-4-11/h10-12H,3-9H2,1-2H3,(H,17,18)(H2,15,16,19). The van der Waals surface area contributed by atoms with Crippen LogP contribution in [0.5, 0.6) is 0 Å². The number of nitrogens with one attached hydrogen (secondary N) is 2. The number of hydrogen-bond donors (Lipinski definition) is 3. The maximum Gasteiger partial charge on any atom is 0.314 e. The van der Waals surface area contributed by atoms with Gasteiger partial charge in [0.15, 0.2) is 0 Å². The van der Waals surface area contributed by atoms with Crippen LogP contribution in [0, 0.1) is 17.8 Å². The summed E-state index contributed by atoms with van der Waals surface area (Å²) in [5, 5.41) is 14.4. The third-order valence-corrected chi connectivity index (χ3v) is 3.35. The van der Waals surface area contributed by atoms with Gasteiger partial charge in [0.05, 0.1) is 0 Å². The number of carbonyl (C=O) groups is 2. The predicted octanol–water partition coefficient (Wildman–Crippen LogP) is 2.22. The molecule has 0 aromatic carbocycles. The van der Waals surface area contributed by atoms with Gasteiger partial charge in [0.1, 0.15) is 0 Å². The summed E-state index contributed by atoms with van der Waals surface area (Å²) in [6.07, 6.45) is 4.56. The van der Waals surface area contributed by atoms with Gasteiger partial charge >= 0.3 is 12.0 Å². The van der Waals surface area contributed by atoms with Crippen LogP contribution in [0.4, 0.5) is 4.79 Å². The second-order valence-corrected chi connectivity index (χ2v) is 5.96. The van der Waals surface area contributed by atoms with Crippen LogP contribution in [0.1, 0.15) is 46.0 Å². The second kappa shape index (κ2) is 8.02. The summed E-state index contributed by atoms with van der Waals surface area (Å²) in [6.45, 7) is 5.26. The van der Waals surface area contributed by atoms with Gasteiger partial charge < -0.3 is 15.7 Å². The Morgan fingerprint density at radius 3 is 2.47 bits per heavy atom. The lowest BCUT2D eigenvalue weighted by atomic mass is 9.94. The Kier molecular flexibility index (Phi) is 6.67. The summed E-state index contributed by atoms with van der Waals surface area (Å²) in [5.74, 6) is 0.443. The number of hydrogen-bond acceptors (Lipinski definition) is 2. The lowest BCUT2D eigenvalue weighted by Gasteiger charge is -2.18. The first-order valence-electron chi connectivity index (χ1n) is 7.20. The van der Waals surface area contributed by atoms with Crippen molar-refractivity contribution in [3.63, 3.8) is 0 Å². The maximum atomic E-state index is 11.6. The SMILES string of the molecule is CC(C)CC(CNC(=O)NCCC1CC1)CC(=O)O. The van der Waals surface area contributed by atoms with Crippen molar-refractivity contribution in [3.05, 3.63) is 0 Å². The predicted molar refractivity (Wildman–Crippen MR) is 73.9 cm³/mol. The largest absolute Gasteiger partial charge is 0.481 e. The molecule has 1 saturated carbocycles. The zero-order valence-corrected chi connectivity index (χ0v) is 11.9. The maximum absolute atomic E-state index is 11.6. The first-order chi connectivity index (χ1) is 8.97. The zero-order chi connectivity index (χ0) is 14.3. The second-order valence-electron chi connectivity index (χ2n) is 5.96. The lowest BCUT2D eigenvalue weighted by Crippen LogP contribution is -2.39. The van der Waals surface area contributed by atoms with Gasteiger partial charge in [-0.15, -0.1) is 0 Å². The van der Waals surface area contributed by atoms with Crippen molar-refractivity contribution in [2.75, 3.05) is 13.1 Å². The Labute approximate surface area is 115 Å². The molecule has 0 heterocycles. The Morgan fingerprint density at radius 1 is 1.26 bits per heavy atom. The summed E-state index contributed by atoms with van der Waals surface area (Å²) in [7, 11) is 0. The van der Waals surface area contributed by atoms with Crippen molar-refractivity contribution in [1.82, 2.24) is 10.6 Å². The third-order valence-electron chi connectivity index (χ3n) is 3.35. The minimum absolute atomic E-state index is 0.00619. The van der Waals surface area contributed by atoms with Gasteiger partial charge in [0.2, 0.25) is 0 Å². The molecule has 1 unspecified atom stereocenters. The number of carboxylic acid groups (broad SMARTS) is 1. The molecule has 0 spiro atoms. The van der Waals surface area contributed by atoms with Gasteiger partial charge in [-0.05, 0) is 30.6 Å². The number of urea groups is 1. The molecule has 5 heteroatoms. The topological polar surface area (TPSA) is 78.4 Å². The van der Waals surface area contributed by atoms with Crippen LogP contribution in [0.15, 0.2) is 0 Å². The summed E-state index contributed by atoms with van der Waals surface area (Å²) in [5.41, 5.74) is 0. The Balaban J connectivity index is 2.16. The van der Waals surface area contributed by atoms with E-state index in [2.05, 4.69) is 24.5 Å². The van der Waals surface area contributed by atoms with Crippen molar-refractivity contribution in [3.8, 4) is 0 Å². The highest BCUT2D eigenvalue weighted by Gasteiger charge is 2.20. The monoisotopic (exact) mass is 270 g/mol. The minimum Gasteiger partial charge on any atom is -0.481 e. The van der Waals surface area contributed by atoms with Crippen LogP contribution in [0.3, 0.4) is 0 Å². The third kappa shape index (κ3) is 8.46. The van der Waals surface area contributed by atoms with E-state index < -0.39 is 5.97 Å². The molecule has 0 radical (unpaired) electrons. The molecule has 1 aliphatic carbocycles. The van der Waals surface area contributed by atoms with Crippen LogP contribution in [-0.2, 0) is 4.79 Å². The molecule has 0 bridgehead atoms. The fraction of sp³-hybridized carbons (Fsp3) is 0.857. The number of carboxylic acids is 1. The van der Waals surface area contributed by atoms with Crippen molar-refractivity contribution in [2.24, 2.45) is 17.8 Å². The molecule has 110 valence electrons. The van der Waals surface area contributed by atoms with E-state index in [1.54, 1.807) is 0 Å². The molecule has 1 aliphatic rings. The molecule has 3 N–H and O–H groups in total. The Bertz CT molecular complexity index is 301. The molecule has 19 heavy (non-hydrogen) atoms. The first-order valence-corrected chi connectivity index (χ1v) is 7.20. The lowest BCUT2D eigenvalue weighted by molar-refractivity contribution is -0.138. The van der Waals surface area contributed by atoms with E-state index in [1.807, 2.05) is 0 Å². The summed E-state index contributed by atoms with van der Waals surface area (Å²) < 4.78 is 0. The summed E-state index contributed by atoms with van der Waals surface area (Å²) in [6, 6.07) is -0.181. The molecular weight excluding hydrogens is 244 g/mol. The smallest absolute Gasteiger partial charge is 0.314 e. The molecule has 1 rings (SSSR count). The highest BCUT2D eigenvalue weighted by atomic mass is 16.4. The van der Waals surface area contributed by atoms with Crippen LogP contribution in [0.2, 0.25) is 0 Å². The van der Waals surface area contributed by atoms with E-state index in [-0.39, 0.29) is 18.4 Å². The molecule has 0 aromatic rings. The number of carbonyl (C=O) groups excluding carboxylic acids is 1. The Hall–Kier alpha value is -1.26. The Morgan fingerprint density at radius 2 is 1.95 bits per heavy atom. The van der Waals surface area contributed by atoms with E-state index in [0.717, 1.165) is 18.8 Å². The molecule has 0 aliphatic heterocycles. The number of aliphatic carboxylic acids is 1. The quantitative estimate of drug-likeness (QED) is 0.601. The number of amides is 2. The van der Waals surface area contributed by atoms with Crippen molar-refractivity contribution in [1.29, 1.82) is 0 Å². The molecule has 1 fully saturated rings. The normalized spacial score (nSPS) is 16.2.